The summed E-state index contributed by atoms with van der Waals surface area (Å²) in [6.07, 6.45) is -0.811. The first-order valence-electron chi connectivity index (χ1n) is 9.50. The summed E-state index contributed by atoms with van der Waals surface area (Å²) in [5.41, 5.74) is 3.08. The van der Waals surface area contributed by atoms with Gasteiger partial charge in [-0.2, -0.15) is 0 Å². The van der Waals surface area contributed by atoms with Crippen LogP contribution in [-0.4, -0.2) is 38.4 Å². The van der Waals surface area contributed by atoms with Gasteiger partial charge in [-0.1, -0.05) is 24.3 Å². The van der Waals surface area contributed by atoms with E-state index < -0.39 is 6.10 Å². The molecule has 0 aliphatic heterocycles. The van der Waals surface area contributed by atoms with Crippen molar-refractivity contribution < 1.29 is 14.6 Å². The van der Waals surface area contributed by atoms with Crippen LogP contribution >= 0.6 is 24.0 Å². The number of hydrogen-bond acceptors (Lipinski definition) is 4. The Bertz CT molecular complexity index is 799. The van der Waals surface area contributed by atoms with Crippen molar-refractivity contribution in [1.82, 2.24) is 10.6 Å². The van der Waals surface area contributed by atoms with Crippen LogP contribution in [0, 0.1) is 6.92 Å². The van der Waals surface area contributed by atoms with Crippen LogP contribution in [0.5, 0.6) is 11.5 Å². The number of aliphatic imine (C=N–C) groups is 1. The molecule has 0 amide bonds. The first-order chi connectivity index (χ1) is 13.5. The van der Waals surface area contributed by atoms with Gasteiger partial charge in [0.25, 0.3) is 0 Å². The van der Waals surface area contributed by atoms with Crippen molar-refractivity contribution in [2.75, 3.05) is 27.3 Å². The molecule has 0 fully saturated rings. The Kier molecular flexibility index (Phi) is 10.8. The lowest BCUT2D eigenvalue weighted by Crippen LogP contribution is -2.39. The summed E-state index contributed by atoms with van der Waals surface area (Å²) in [5.74, 6) is 1.92. The summed E-state index contributed by atoms with van der Waals surface area (Å²) < 4.78 is 10.6. The van der Waals surface area contributed by atoms with Gasteiger partial charge in [0, 0.05) is 12.1 Å². The van der Waals surface area contributed by atoms with Gasteiger partial charge >= 0.3 is 0 Å². The maximum absolute atomic E-state index is 10.7. The fraction of sp³-hybridized carbons (Fsp3) is 0.409. The molecule has 2 aromatic carbocycles. The Hall–Kier alpha value is -2.00. The molecule has 2 atom stereocenters. The van der Waals surface area contributed by atoms with Gasteiger partial charge in [0.15, 0.2) is 5.96 Å². The molecule has 0 radical (unpaired) electrons. The molecule has 0 spiro atoms. The Morgan fingerprint density at radius 1 is 1.10 bits per heavy atom. The minimum Gasteiger partial charge on any atom is -0.497 e. The molecule has 7 heteroatoms. The van der Waals surface area contributed by atoms with Crippen molar-refractivity contribution in [2.24, 2.45) is 4.99 Å². The predicted octanol–water partition coefficient (Wildman–Crippen LogP) is 3.98. The van der Waals surface area contributed by atoms with E-state index >= 15 is 0 Å². The third kappa shape index (κ3) is 7.08. The number of methoxy groups -OCH3 is 2. The van der Waals surface area contributed by atoms with Gasteiger partial charge in [-0.15, -0.1) is 24.0 Å². The minimum absolute atomic E-state index is 0. The van der Waals surface area contributed by atoms with Crippen LogP contribution < -0.4 is 20.1 Å². The molecule has 0 saturated heterocycles. The number of aliphatic hydroxyl groups excluding tert-OH is 1. The van der Waals surface area contributed by atoms with Crippen LogP contribution in [0.25, 0.3) is 0 Å². The highest BCUT2D eigenvalue weighted by Gasteiger charge is 2.15. The molecular weight excluding hydrogens is 481 g/mol. The smallest absolute Gasteiger partial charge is 0.191 e. The van der Waals surface area contributed by atoms with Crippen molar-refractivity contribution in [2.45, 2.75) is 32.9 Å². The second-order valence-electron chi connectivity index (χ2n) is 6.57. The van der Waals surface area contributed by atoms with Crippen LogP contribution in [0.15, 0.2) is 47.5 Å². The van der Waals surface area contributed by atoms with Crippen molar-refractivity contribution in [3.63, 3.8) is 0 Å². The molecule has 2 aromatic rings. The molecule has 0 bridgehead atoms. The third-order valence-electron chi connectivity index (χ3n) is 4.57. The van der Waals surface area contributed by atoms with E-state index in [-0.39, 0.29) is 36.6 Å². The van der Waals surface area contributed by atoms with Gasteiger partial charge in [-0.3, -0.25) is 4.99 Å². The molecule has 160 valence electrons. The highest BCUT2D eigenvalue weighted by Crippen LogP contribution is 2.29. The fourth-order valence-electron chi connectivity index (χ4n) is 3.05. The molecule has 2 unspecified atom stereocenters. The predicted molar refractivity (Wildman–Crippen MR) is 129 cm³/mol. The van der Waals surface area contributed by atoms with E-state index in [1.807, 2.05) is 19.1 Å². The average Bonchev–Trinajstić information content (AvgIpc) is 2.71. The second kappa shape index (κ2) is 12.5. The van der Waals surface area contributed by atoms with E-state index in [9.17, 15) is 5.11 Å². The zero-order chi connectivity index (χ0) is 20.5. The number of aryl methyl sites for hydroxylation is 1. The summed E-state index contributed by atoms with van der Waals surface area (Å²) in [6.45, 7) is 7.12. The number of nitrogens with zero attached hydrogens (tertiary/aromatic N) is 1. The quantitative estimate of drug-likeness (QED) is 0.283. The Balaban J connectivity index is 0.00000420. The van der Waals surface area contributed by atoms with Crippen LogP contribution in [0.3, 0.4) is 0 Å². The van der Waals surface area contributed by atoms with E-state index in [2.05, 4.69) is 41.6 Å². The van der Waals surface area contributed by atoms with Gasteiger partial charge < -0.3 is 25.2 Å². The number of rotatable bonds is 8. The fourth-order valence-corrected chi connectivity index (χ4v) is 3.05. The minimum atomic E-state index is -0.811. The third-order valence-corrected chi connectivity index (χ3v) is 4.57. The molecule has 0 aromatic heterocycles. The summed E-state index contributed by atoms with van der Waals surface area (Å²) >= 11 is 0. The lowest BCUT2D eigenvalue weighted by Gasteiger charge is -2.20. The maximum atomic E-state index is 10.7. The number of benzene rings is 2. The summed E-state index contributed by atoms with van der Waals surface area (Å²) in [4.78, 5) is 4.56. The van der Waals surface area contributed by atoms with Crippen molar-refractivity contribution in [1.29, 1.82) is 0 Å². The molecule has 2 rings (SSSR count). The van der Waals surface area contributed by atoms with E-state index in [1.165, 1.54) is 11.1 Å². The summed E-state index contributed by atoms with van der Waals surface area (Å²) in [7, 11) is 3.17. The van der Waals surface area contributed by atoms with Gasteiger partial charge in [-0.05, 0) is 50.1 Å². The lowest BCUT2D eigenvalue weighted by molar-refractivity contribution is 0.182. The van der Waals surface area contributed by atoms with Gasteiger partial charge in [-0.25, -0.2) is 0 Å². The Morgan fingerprint density at radius 3 is 2.45 bits per heavy atom. The first kappa shape index (κ1) is 25.0. The Morgan fingerprint density at radius 2 is 1.83 bits per heavy atom. The van der Waals surface area contributed by atoms with Crippen LogP contribution in [0.4, 0.5) is 0 Å². The number of halogens is 1. The molecule has 0 heterocycles. The zero-order valence-electron chi connectivity index (χ0n) is 17.7. The largest absolute Gasteiger partial charge is 0.497 e. The first-order valence-corrected chi connectivity index (χ1v) is 9.50. The van der Waals surface area contributed by atoms with Crippen LogP contribution in [-0.2, 0) is 0 Å². The normalized spacial score (nSPS) is 13.1. The summed E-state index contributed by atoms with van der Waals surface area (Å²) in [6, 6.07) is 13.7. The standard InChI is InChI=1S/C22H31N3O3.HI/c1-6-23-22(25-16(3)18-10-8-7-9-15(18)2)24-14-20(26)19-13-17(27-4)11-12-21(19)28-5;/h7-13,16,20,26H,6,14H2,1-5H3,(H2,23,24,25);1H. The SMILES string of the molecule is CCNC(=NCC(O)c1cc(OC)ccc1OC)NC(C)c1ccccc1C.I. The van der Waals surface area contributed by atoms with E-state index in [0.29, 0.717) is 23.0 Å². The van der Waals surface area contributed by atoms with Gasteiger partial charge in [0.2, 0.25) is 0 Å². The number of aliphatic hydroxyl groups is 1. The monoisotopic (exact) mass is 513 g/mol. The van der Waals surface area contributed by atoms with E-state index in [1.54, 1.807) is 32.4 Å². The van der Waals surface area contributed by atoms with Crippen LogP contribution in [0.2, 0.25) is 0 Å². The second-order valence-corrected chi connectivity index (χ2v) is 6.57. The average molecular weight is 513 g/mol. The number of guanidine groups is 1. The zero-order valence-corrected chi connectivity index (χ0v) is 20.1. The molecule has 0 aliphatic rings. The topological polar surface area (TPSA) is 75.1 Å². The van der Waals surface area contributed by atoms with Crippen molar-refractivity contribution >= 4 is 29.9 Å². The Labute approximate surface area is 190 Å². The van der Waals surface area contributed by atoms with Crippen LogP contribution in [0.1, 0.15) is 42.7 Å². The number of ether oxygens (including phenoxy) is 2. The van der Waals surface area contributed by atoms with Crippen molar-refractivity contribution in [3.05, 3.63) is 59.2 Å². The van der Waals surface area contributed by atoms with Gasteiger partial charge in [0.05, 0.1) is 26.8 Å². The maximum Gasteiger partial charge on any atom is 0.191 e. The lowest BCUT2D eigenvalue weighted by atomic mass is 10.0. The molecule has 6 nitrogen and oxygen atoms in total. The highest BCUT2D eigenvalue weighted by atomic mass is 127. The molecule has 3 N–H and O–H groups in total. The van der Waals surface area contributed by atoms with E-state index in [0.717, 1.165) is 6.54 Å². The highest BCUT2D eigenvalue weighted by molar-refractivity contribution is 14.0. The molecule has 29 heavy (non-hydrogen) atoms. The number of nitrogens with one attached hydrogen (secondary N) is 2. The molecule has 0 aliphatic carbocycles. The number of hydrogen-bond donors (Lipinski definition) is 3. The molecule has 0 saturated carbocycles. The van der Waals surface area contributed by atoms with E-state index in [4.69, 9.17) is 9.47 Å². The van der Waals surface area contributed by atoms with Gasteiger partial charge in [0.1, 0.15) is 17.6 Å². The summed E-state index contributed by atoms with van der Waals surface area (Å²) in [5, 5.41) is 17.3. The molecular formula is C22H32IN3O3. The van der Waals surface area contributed by atoms with Crippen molar-refractivity contribution in [3.8, 4) is 11.5 Å².